The van der Waals surface area contributed by atoms with Gasteiger partial charge in [0.25, 0.3) is 0 Å². The Bertz CT molecular complexity index is 815. The molecule has 2 aromatic rings. The molecular weight excluding hydrogens is 376 g/mol. The van der Waals surface area contributed by atoms with Crippen molar-refractivity contribution in [3.8, 4) is 0 Å². The largest absolute Gasteiger partial charge is 0.462 e. The summed E-state index contributed by atoms with van der Waals surface area (Å²) in [5.41, 5.74) is 1.63. The number of likely N-dealkylation sites (N-methyl/N-ethyl adjacent to an activating group) is 1. The van der Waals surface area contributed by atoms with Gasteiger partial charge in [-0.2, -0.15) is 0 Å². The van der Waals surface area contributed by atoms with Crippen LogP contribution in [0.1, 0.15) is 42.6 Å². The van der Waals surface area contributed by atoms with E-state index in [1.54, 1.807) is 19.3 Å². The van der Waals surface area contributed by atoms with E-state index in [9.17, 15) is 4.79 Å². The molecule has 0 bridgehead atoms. The van der Waals surface area contributed by atoms with Gasteiger partial charge in [0, 0.05) is 38.1 Å². The minimum Gasteiger partial charge on any atom is -0.462 e. The predicted octanol–water partition coefficient (Wildman–Crippen LogP) is 3.90. The second-order valence-electron chi connectivity index (χ2n) is 7.87. The van der Waals surface area contributed by atoms with Crippen LogP contribution in [0.25, 0.3) is 6.08 Å². The molecule has 160 valence electrons. The highest BCUT2D eigenvalue weighted by Gasteiger charge is 2.23. The third kappa shape index (κ3) is 6.13. The lowest BCUT2D eigenvalue weighted by molar-refractivity contribution is 0.0525. The van der Waals surface area contributed by atoms with E-state index < -0.39 is 0 Å². The lowest BCUT2D eigenvalue weighted by atomic mass is 9.96. The summed E-state index contributed by atoms with van der Waals surface area (Å²) in [5.74, 6) is 0.980. The van der Waals surface area contributed by atoms with E-state index >= 15 is 0 Å². The summed E-state index contributed by atoms with van der Waals surface area (Å²) >= 11 is 0. The molecule has 1 aliphatic heterocycles. The first-order valence-corrected chi connectivity index (χ1v) is 10.7. The Kier molecular flexibility index (Phi) is 7.97. The van der Waals surface area contributed by atoms with Crippen LogP contribution in [-0.2, 0) is 4.74 Å². The third-order valence-corrected chi connectivity index (χ3v) is 5.65. The van der Waals surface area contributed by atoms with Crippen molar-refractivity contribution in [2.45, 2.75) is 32.7 Å². The molecule has 0 radical (unpaired) electrons. The number of rotatable bonds is 8. The summed E-state index contributed by atoms with van der Waals surface area (Å²) < 4.78 is 4.98. The van der Waals surface area contributed by atoms with Gasteiger partial charge >= 0.3 is 5.97 Å². The Morgan fingerprint density at radius 3 is 2.53 bits per heavy atom. The van der Waals surface area contributed by atoms with Crippen LogP contribution in [0, 0.1) is 5.92 Å². The Hall–Kier alpha value is -2.73. The highest BCUT2D eigenvalue weighted by Crippen LogP contribution is 2.22. The van der Waals surface area contributed by atoms with E-state index in [0.29, 0.717) is 30.1 Å². The van der Waals surface area contributed by atoms with Crippen molar-refractivity contribution in [1.82, 2.24) is 14.9 Å². The second kappa shape index (κ2) is 10.9. The van der Waals surface area contributed by atoms with Crippen molar-refractivity contribution in [2.24, 2.45) is 5.92 Å². The fourth-order valence-corrected chi connectivity index (χ4v) is 3.65. The molecule has 2 heterocycles. The molecule has 1 atom stereocenters. The fraction of sp³-hybridized carbons (Fsp3) is 0.458. The minimum atomic E-state index is -0.374. The van der Waals surface area contributed by atoms with Crippen LogP contribution in [0.3, 0.4) is 0 Å². The van der Waals surface area contributed by atoms with E-state index in [1.165, 1.54) is 5.56 Å². The van der Waals surface area contributed by atoms with Gasteiger partial charge in [0.1, 0.15) is 0 Å². The van der Waals surface area contributed by atoms with Crippen molar-refractivity contribution < 1.29 is 9.53 Å². The number of piperidine rings is 1. The van der Waals surface area contributed by atoms with Crippen molar-refractivity contribution in [1.29, 1.82) is 0 Å². The van der Waals surface area contributed by atoms with Crippen LogP contribution in [0.4, 0.5) is 5.95 Å². The van der Waals surface area contributed by atoms with Gasteiger partial charge in [-0.05, 0) is 45.2 Å². The SMILES string of the molecule is CCOC(=O)c1cnc(N2CCC(CN(C)C(C)/C=C/c3ccccc3)CC2)nc1. The number of carbonyl (C=O) groups is 1. The molecule has 0 saturated carbocycles. The maximum absolute atomic E-state index is 11.7. The van der Waals surface area contributed by atoms with Crippen LogP contribution >= 0.6 is 0 Å². The molecule has 30 heavy (non-hydrogen) atoms. The van der Waals surface area contributed by atoms with E-state index in [0.717, 1.165) is 32.5 Å². The number of carbonyl (C=O) groups excluding carboxylic acids is 1. The van der Waals surface area contributed by atoms with Gasteiger partial charge in [-0.1, -0.05) is 42.5 Å². The highest BCUT2D eigenvalue weighted by atomic mass is 16.5. The van der Waals surface area contributed by atoms with Crippen LogP contribution < -0.4 is 4.90 Å². The standard InChI is InChI=1S/C24H32N4O2/c1-4-30-23(29)22-16-25-24(26-17-22)28-14-12-21(13-15-28)18-27(3)19(2)10-11-20-8-6-5-7-9-20/h5-11,16-17,19,21H,4,12-15,18H2,1-3H3/b11-10+. The molecule has 6 heteroatoms. The molecule has 0 spiro atoms. The topological polar surface area (TPSA) is 58.6 Å². The first-order valence-electron chi connectivity index (χ1n) is 10.7. The molecule has 1 saturated heterocycles. The Morgan fingerprint density at radius 1 is 1.23 bits per heavy atom. The van der Waals surface area contributed by atoms with E-state index in [1.807, 2.05) is 6.07 Å². The smallest absolute Gasteiger partial charge is 0.341 e. The number of benzene rings is 1. The highest BCUT2D eigenvalue weighted by molar-refractivity contribution is 5.88. The fourth-order valence-electron chi connectivity index (χ4n) is 3.65. The second-order valence-corrected chi connectivity index (χ2v) is 7.87. The first kappa shape index (κ1) is 22.0. The molecule has 0 aliphatic carbocycles. The molecule has 1 fully saturated rings. The molecule has 1 aliphatic rings. The maximum atomic E-state index is 11.7. The summed E-state index contributed by atoms with van der Waals surface area (Å²) in [6.45, 7) is 7.33. The Labute approximate surface area is 179 Å². The van der Waals surface area contributed by atoms with Gasteiger partial charge in [0.15, 0.2) is 0 Å². The summed E-state index contributed by atoms with van der Waals surface area (Å²) in [7, 11) is 2.20. The zero-order valence-electron chi connectivity index (χ0n) is 18.2. The van der Waals surface area contributed by atoms with Gasteiger partial charge in [0.05, 0.1) is 12.2 Å². The van der Waals surface area contributed by atoms with E-state index in [-0.39, 0.29) is 5.97 Å². The number of hydrogen-bond donors (Lipinski definition) is 0. The van der Waals surface area contributed by atoms with Crippen molar-refractivity contribution in [2.75, 3.05) is 38.2 Å². The summed E-state index contributed by atoms with van der Waals surface area (Å²) in [5, 5.41) is 0. The summed E-state index contributed by atoms with van der Waals surface area (Å²) in [4.78, 5) is 25.1. The number of hydrogen-bond acceptors (Lipinski definition) is 6. The lowest BCUT2D eigenvalue weighted by Crippen LogP contribution is -2.40. The molecule has 3 rings (SSSR count). The van der Waals surface area contributed by atoms with Crippen LogP contribution in [0.2, 0.25) is 0 Å². The van der Waals surface area contributed by atoms with Crippen molar-refractivity contribution in [3.05, 3.63) is 59.9 Å². The molecule has 0 N–H and O–H groups in total. The Morgan fingerprint density at radius 2 is 1.90 bits per heavy atom. The first-order chi connectivity index (χ1) is 14.6. The minimum absolute atomic E-state index is 0.350. The molecule has 1 aromatic heterocycles. The van der Waals surface area contributed by atoms with Gasteiger partial charge in [0.2, 0.25) is 5.95 Å². The number of nitrogens with zero attached hydrogens (tertiary/aromatic N) is 4. The summed E-state index contributed by atoms with van der Waals surface area (Å²) in [6.07, 6.45) is 9.80. The Balaban J connectivity index is 1.46. The van der Waals surface area contributed by atoms with Crippen LogP contribution in [-0.4, -0.2) is 60.2 Å². The van der Waals surface area contributed by atoms with Gasteiger partial charge in [-0.3, -0.25) is 4.90 Å². The molecular formula is C24H32N4O2. The average molecular weight is 409 g/mol. The molecule has 6 nitrogen and oxygen atoms in total. The van der Waals surface area contributed by atoms with Crippen molar-refractivity contribution in [3.63, 3.8) is 0 Å². The van der Waals surface area contributed by atoms with Crippen LogP contribution in [0.15, 0.2) is 48.8 Å². The molecule has 0 amide bonds. The molecule has 1 aromatic carbocycles. The monoisotopic (exact) mass is 408 g/mol. The number of ether oxygens (including phenoxy) is 1. The van der Waals surface area contributed by atoms with E-state index in [4.69, 9.17) is 4.74 Å². The van der Waals surface area contributed by atoms with Gasteiger partial charge < -0.3 is 9.64 Å². The summed E-state index contributed by atoms with van der Waals surface area (Å²) in [6, 6.07) is 10.8. The molecule has 1 unspecified atom stereocenters. The number of esters is 1. The zero-order chi connectivity index (χ0) is 21.3. The van der Waals surface area contributed by atoms with Gasteiger partial charge in [-0.15, -0.1) is 0 Å². The van der Waals surface area contributed by atoms with Crippen molar-refractivity contribution >= 4 is 18.0 Å². The number of anilines is 1. The normalized spacial score (nSPS) is 16.2. The zero-order valence-corrected chi connectivity index (χ0v) is 18.2. The number of aromatic nitrogens is 2. The quantitative estimate of drug-likeness (QED) is 0.618. The van der Waals surface area contributed by atoms with E-state index in [2.05, 4.69) is 70.2 Å². The predicted molar refractivity (Wildman–Crippen MR) is 120 cm³/mol. The third-order valence-electron chi connectivity index (χ3n) is 5.65. The average Bonchev–Trinajstić information content (AvgIpc) is 2.79. The van der Waals surface area contributed by atoms with Crippen LogP contribution in [0.5, 0.6) is 0 Å². The maximum Gasteiger partial charge on any atom is 0.341 e. The lowest BCUT2D eigenvalue weighted by Gasteiger charge is -2.35. The van der Waals surface area contributed by atoms with Gasteiger partial charge in [-0.25, -0.2) is 14.8 Å².